The van der Waals surface area contributed by atoms with Gasteiger partial charge in [0.15, 0.2) is 0 Å². The number of aromatic amines is 1. The molecular formula is C29H38N6O4. The molecule has 1 aromatic heterocycles. The fourth-order valence-electron chi connectivity index (χ4n) is 6.02. The molecule has 2 aliphatic heterocycles. The number of rotatable bonds is 8. The number of nitrogens with zero attached hydrogens (tertiary/aromatic N) is 3. The first-order valence-electron chi connectivity index (χ1n) is 13.9. The molecule has 2 aliphatic rings. The van der Waals surface area contributed by atoms with E-state index < -0.39 is 5.43 Å². The van der Waals surface area contributed by atoms with Gasteiger partial charge in [0.05, 0.1) is 16.3 Å². The number of amides is 1. The molecule has 2 saturated heterocycles. The topological polar surface area (TPSA) is 131 Å². The molecule has 0 spiro atoms. The summed E-state index contributed by atoms with van der Waals surface area (Å²) < 4.78 is 0. The minimum absolute atomic E-state index is 0.0514. The Bertz CT molecular complexity index is 1570. The van der Waals surface area contributed by atoms with Gasteiger partial charge in [-0.25, -0.2) is 4.98 Å². The SMILES string of the molecule is Cc1c(O)c(=CNCCC2CCCN2C)c2nc3c(=O)ccc(C(=O)NCCC4CCCN4C)c3[nH]c2c1=O. The van der Waals surface area contributed by atoms with Crippen LogP contribution in [0.3, 0.4) is 0 Å². The number of aromatic hydroxyl groups is 1. The van der Waals surface area contributed by atoms with Gasteiger partial charge in [-0.1, -0.05) is 0 Å². The van der Waals surface area contributed by atoms with Crippen molar-refractivity contribution < 1.29 is 9.90 Å². The van der Waals surface area contributed by atoms with Gasteiger partial charge in [-0.15, -0.1) is 0 Å². The van der Waals surface area contributed by atoms with Crippen molar-refractivity contribution in [1.82, 2.24) is 30.4 Å². The molecule has 208 valence electrons. The summed E-state index contributed by atoms with van der Waals surface area (Å²) >= 11 is 0. The van der Waals surface area contributed by atoms with Crippen LogP contribution >= 0.6 is 0 Å². The molecule has 10 nitrogen and oxygen atoms in total. The van der Waals surface area contributed by atoms with E-state index in [9.17, 15) is 19.5 Å². The Morgan fingerprint density at radius 1 is 1.05 bits per heavy atom. The van der Waals surface area contributed by atoms with Crippen molar-refractivity contribution in [2.24, 2.45) is 0 Å². The van der Waals surface area contributed by atoms with E-state index in [2.05, 4.69) is 44.5 Å². The fourth-order valence-corrected chi connectivity index (χ4v) is 6.02. The average Bonchev–Trinajstić information content (AvgIpc) is 3.53. The highest BCUT2D eigenvalue weighted by Crippen LogP contribution is 2.20. The molecule has 0 saturated carbocycles. The monoisotopic (exact) mass is 534 g/mol. The predicted octanol–water partition coefficient (Wildman–Crippen LogP) is 1.20. The third-order valence-electron chi connectivity index (χ3n) is 8.50. The van der Waals surface area contributed by atoms with E-state index in [4.69, 9.17) is 0 Å². The molecule has 0 aliphatic carbocycles. The third-order valence-corrected chi connectivity index (χ3v) is 8.50. The second-order valence-corrected chi connectivity index (χ2v) is 11.0. The second-order valence-electron chi connectivity index (χ2n) is 11.0. The van der Waals surface area contributed by atoms with E-state index in [1.54, 1.807) is 13.1 Å². The molecule has 3 heterocycles. The zero-order valence-corrected chi connectivity index (χ0v) is 23.0. The quantitative estimate of drug-likeness (QED) is 0.251. The fraction of sp³-hybridized carbons (Fsp3) is 0.517. The third kappa shape index (κ3) is 5.35. The Morgan fingerprint density at radius 3 is 2.36 bits per heavy atom. The number of phenols is 1. The molecule has 2 fully saturated rings. The summed E-state index contributed by atoms with van der Waals surface area (Å²) in [5, 5.41) is 17.4. The Morgan fingerprint density at radius 2 is 1.72 bits per heavy atom. The van der Waals surface area contributed by atoms with Crippen LogP contribution < -0.4 is 26.7 Å². The van der Waals surface area contributed by atoms with E-state index in [1.807, 2.05) is 0 Å². The lowest BCUT2D eigenvalue weighted by atomic mass is 10.1. The van der Waals surface area contributed by atoms with E-state index in [-0.39, 0.29) is 50.3 Å². The van der Waals surface area contributed by atoms with Crippen LogP contribution in [-0.2, 0) is 0 Å². The lowest BCUT2D eigenvalue weighted by Gasteiger charge is -2.19. The van der Waals surface area contributed by atoms with E-state index >= 15 is 0 Å². The first kappa shape index (κ1) is 27.1. The van der Waals surface area contributed by atoms with Gasteiger partial charge in [0.1, 0.15) is 22.3 Å². The standard InChI is InChI=1S/C29H38N6O4/c1-17-27(37)21(16-30-12-10-18-6-4-14-34(18)2)24-26(28(17)38)33-23-20(8-9-22(36)25(23)32-24)29(39)31-13-11-19-7-5-15-35(19)3/h8-9,16,18-19,30,33,37H,4-7,10-15H2,1-3H3,(H,31,39). The van der Waals surface area contributed by atoms with Gasteiger partial charge in [-0.2, -0.15) is 0 Å². The van der Waals surface area contributed by atoms with Crippen molar-refractivity contribution in [1.29, 1.82) is 0 Å². The Labute approximate surface area is 227 Å². The number of fused-ring (bicyclic) bond motifs is 2. The molecule has 0 bridgehead atoms. The molecule has 1 amide bonds. The summed E-state index contributed by atoms with van der Waals surface area (Å²) in [4.78, 5) is 51.3. The van der Waals surface area contributed by atoms with Crippen molar-refractivity contribution in [3.63, 3.8) is 0 Å². The average molecular weight is 535 g/mol. The number of carbonyl (C=O) groups excluding carboxylic acids is 1. The summed E-state index contributed by atoms with van der Waals surface area (Å²) in [6, 6.07) is 3.76. The minimum atomic E-state index is -0.423. The lowest BCUT2D eigenvalue weighted by Crippen LogP contribution is -2.32. The summed E-state index contributed by atoms with van der Waals surface area (Å²) in [7, 11) is 4.23. The maximum Gasteiger partial charge on any atom is 0.253 e. The van der Waals surface area contributed by atoms with Crippen LogP contribution in [0, 0.1) is 6.92 Å². The molecule has 5 rings (SSSR count). The van der Waals surface area contributed by atoms with Gasteiger partial charge in [-0.3, -0.25) is 14.4 Å². The number of nitrogens with one attached hydrogen (secondary N) is 3. The molecule has 39 heavy (non-hydrogen) atoms. The molecule has 0 radical (unpaired) electrons. The molecule has 4 N–H and O–H groups in total. The van der Waals surface area contributed by atoms with Crippen LogP contribution in [0.4, 0.5) is 0 Å². The summed E-state index contributed by atoms with van der Waals surface area (Å²) in [5.74, 6) is -0.497. The second kappa shape index (κ2) is 11.3. The Hall–Kier alpha value is -3.50. The number of benzene rings is 2. The molecule has 2 unspecified atom stereocenters. The van der Waals surface area contributed by atoms with Crippen LogP contribution in [-0.4, -0.2) is 83.1 Å². The van der Waals surface area contributed by atoms with Crippen molar-refractivity contribution in [2.45, 2.75) is 57.5 Å². The van der Waals surface area contributed by atoms with Crippen molar-refractivity contribution in [3.8, 4) is 5.75 Å². The van der Waals surface area contributed by atoms with E-state index in [0.717, 1.165) is 38.8 Å². The number of phenolic OH excluding ortho intramolecular Hbond substituents is 1. The first-order valence-corrected chi connectivity index (χ1v) is 13.9. The Balaban J connectivity index is 1.47. The summed E-state index contributed by atoms with van der Waals surface area (Å²) in [6.07, 6.45) is 8.10. The smallest absolute Gasteiger partial charge is 0.253 e. The zero-order valence-electron chi connectivity index (χ0n) is 23.0. The van der Waals surface area contributed by atoms with Gasteiger partial charge < -0.3 is 30.5 Å². The maximum absolute atomic E-state index is 13.1. The van der Waals surface area contributed by atoms with Crippen LogP contribution in [0.25, 0.3) is 28.3 Å². The van der Waals surface area contributed by atoms with Crippen LogP contribution in [0.2, 0.25) is 0 Å². The summed E-state index contributed by atoms with van der Waals surface area (Å²) in [6.45, 7) is 4.93. The number of likely N-dealkylation sites (tertiary alicyclic amines) is 2. The number of carbonyl (C=O) groups is 1. The molecule has 2 atom stereocenters. The minimum Gasteiger partial charge on any atom is -0.507 e. The highest BCUT2D eigenvalue weighted by Gasteiger charge is 2.22. The summed E-state index contributed by atoms with van der Waals surface area (Å²) in [5.41, 5.74) is 0.248. The molecule has 10 heteroatoms. The first-order chi connectivity index (χ1) is 18.8. The Kier molecular flexibility index (Phi) is 7.86. The predicted molar refractivity (Wildman–Crippen MR) is 153 cm³/mol. The van der Waals surface area contributed by atoms with Crippen molar-refractivity contribution >= 4 is 34.2 Å². The lowest BCUT2D eigenvalue weighted by molar-refractivity contribution is 0.0951. The van der Waals surface area contributed by atoms with Gasteiger partial charge in [0.25, 0.3) is 5.91 Å². The van der Waals surface area contributed by atoms with Crippen molar-refractivity contribution in [2.75, 3.05) is 40.3 Å². The van der Waals surface area contributed by atoms with E-state index in [1.165, 1.54) is 25.0 Å². The molecule has 2 aromatic carbocycles. The van der Waals surface area contributed by atoms with Gasteiger partial charge >= 0.3 is 0 Å². The normalized spacial score (nSPS) is 20.8. The maximum atomic E-state index is 13.1. The highest BCUT2D eigenvalue weighted by atomic mass is 16.3. The van der Waals surface area contributed by atoms with Gasteiger partial charge in [0.2, 0.25) is 10.9 Å². The molecule has 3 aromatic rings. The number of aromatic nitrogens is 2. The van der Waals surface area contributed by atoms with Gasteiger partial charge in [0, 0.05) is 36.9 Å². The van der Waals surface area contributed by atoms with Gasteiger partial charge in [-0.05, 0) is 84.8 Å². The van der Waals surface area contributed by atoms with Crippen LogP contribution in [0.5, 0.6) is 5.75 Å². The number of hydrogen-bond donors (Lipinski definition) is 4. The number of hydrogen-bond acceptors (Lipinski definition) is 8. The van der Waals surface area contributed by atoms with Crippen molar-refractivity contribution in [3.05, 3.63) is 48.9 Å². The van der Waals surface area contributed by atoms with E-state index in [0.29, 0.717) is 30.4 Å². The number of H-pyrrole nitrogens is 1. The zero-order chi connectivity index (χ0) is 27.7. The van der Waals surface area contributed by atoms with Crippen LogP contribution in [0.1, 0.15) is 54.4 Å². The molecular weight excluding hydrogens is 496 g/mol. The largest absolute Gasteiger partial charge is 0.507 e. The highest BCUT2D eigenvalue weighted by molar-refractivity contribution is 6.06. The van der Waals surface area contributed by atoms with Crippen LogP contribution in [0.15, 0.2) is 21.7 Å².